The molecule has 154 valence electrons. The van der Waals surface area contributed by atoms with Gasteiger partial charge in [-0.15, -0.1) is 0 Å². The number of amides is 1. The van der Waals surface area contributed by atoms with Crippen LogP contribution < -0.4 is 10.9 Å². The number of hydrogen-bond donors (Lipinski definition) is 1. The Kier molecular flexibility index (Phi) is 6.29. The van der Waals surface area contributed by atoms with E-state index in [1.807, 2.05) is 78.9 Å². The molecule has 0 fully saturated rings. The minimum absolute atomic E-state index is 0.166. The highest BCUT2D eigenvalue weighted by molar-refractivity contribution is 6.31. The van der Waals surface area contributed by atoms with Crippen LogP contribution in [0.5, 0.6) is 0 Å². The number of carbonyl (C=O) groups is 1. The molecule has 1 N–H and O–H groups in total. The Labute approximate surface area is 185 Å². The van der Waals surface area contributed by atoms with Gasteiger partial charge in [0.1, 0.15) is 0 Å². The molecular formula is C26H21ClN2O2. The highest BCUT2D eigenvalue weighted by Gasteiger charge is 2.22. The molecule has 4 rings (SSSR count). The van der Waals surface area contributed by atoms with Gasteiger partial charge in [-0.25, -0.2) is 0 Å². The van der Waals surface area contributed by atoms with Gasteiger partial charge in [0.25, 0.3) is 5.56 Å². The predicted molar refractivity (Wildman–Crippen MR) is 125 cm³/mol. The van der Waals surface area contributed by atoms with Crippen molar-refractivity contribution in [3.05, 3.63) is 135 Å². The van der Waals surface area contributed by atoms with Gasteiger partial charge in [0, 0.05) is 17.3 Å². The molecule has 31 heavy (non-hydrogen) atoms. The average Bonchev–Trinajstić information content (AvgIpc) is 2.79. The lowest BCUT2D eigenvalue weighted by Crippen LogP contribution is -2.24. The van der Waals surface area contributed by atoms with E-state index in [2.05, 4.69) is 5.32 Å². The minimum Gasteiger partial charge on any atom is -0.324 e. The summed E-state index contributed by atoms with van der Waals surface area (Å²) >= 11 is 6.24. The maximum Gasteiger partial charge on any atom is 0.250 e. The normalized spacial score (nSPS) is 10.8. The summed E-state index contributed by atoms with van der Waals surface area (Å²) in [6.45, 7) is 0.322. The summed E-state index contributed by atoms with van der Waals surface area (Å²) in [7, 11) is 0. The topological polar surface area (TPSA) is 51.1 Å². The van der Waals surface area contributed by atoms with Crippen LogP contribution in [0.3, 0.4) is 0 Å². The fraction of sp³-hybridized carbons (Fsp3) is 0.0769. The second-order valence-corrected chi connectivity index (χ2v) is 7.63. The molecule has 0 aliphatic carbocycles. The minimum atomic E-state index is -0.466. The van der Waals surface area contributed by atoms with E-state index >= 15 is 0 Å². The third-order valence-corrected chi connectivity index (χ3v) is 5.45. The van der Waals surface area contributed by atoms with Crippen molar-refractivity contribution in [2.45, 2.75) is 12.5 Å². The SMILES string of the molecule is O=C(Nc1ccc(=O)n(Cc2ccccc2Cl)c1)C(c1ccccc1)c1ccccc1. The molecule has 4 aromatic rings. The molecule has 1 aromatic heterocycles. The van der Waals surface area contributed by atoms with E-state index in [1.54, 1.807) is 18.3 Å². The van der Waals surface area contributed by atoms with Crippen molar-refractivity contribution in [3.8, 4) is 0 Å². The highest BCUT2D eigenvalue weighted by atomic mass is 35.5. The Morgan fingerprint density at radius 2 is 1.39 bits per heavy atom. The molecule has 0 saturated carbocycles. The molecule has 0 saturated heterocycles. The second kappa shape index (κ2) is 9.45. The Morgan fingerprint density at radius 3 is 2.00 bits per heavy atom. The third-order valence-electron chi connectivity index (χ3n) is 5.08. The van der Waals surface area contributed by atoms with Crippen molar-refractivity contribution < 1.29 is 4.79 Å². The van der Waals surface area contributed by atoms with E-state index in [0.29, 0.717) is 17.3 Å². The first-order valence-electron chi connectivity index (χ1n) is 9.96. The standard InChI is InChI=1S/C26H21ClN2O2/c27-23-14-8-7-13-21(23)17-29-18-22(15-16-24(29)30)28-26(31)25(19-9-3-1-4-10-19)20-11-5-2-6-12-20/h1-16,18,25H,17H2,(H,28,31). The Hall–Kier alpha value is -3.63. The Balaban J connectivity index is 1.62. The van der Waals surface area contributed by atoms with Crippen molar-refractivity contribution in [2.75, 3.05) is 5.32 Å². The lowest BCUT2D eigenvalue weighted by atomic mass is 9.90. The number of pyridine rings is 1. The molecule has 0 bridgehead atoms. The van der Waals surface area contributed by atoms with Crippen LogP contribution in [0.15, 0.2) is 108 Å². The van der Waals surface area contributed by atoms with Crippen molar-refractivity contribution in [2.24, 2.45) is 0 Å². The van der Waals surface area contributed by atoms with E-state index in [4.69, 9.17) is 11.6 Å². The molecule has 4 nitrogen and oxygen atoms in total. The van der Waals surface area contributed by atoms with E-state index in [9.17, 15) is 9.59 Å². The van der Waals surface area contributed by atoms with Crippen molar-refractivity contribution in [3.63, 3.8) is 0 Å². The molecule has 0 unspecified atom stereocenters. The van der Waals surface area contributed by atoms with Gasteiger partial charge in [-0.3, -0.25) is 9.59 Å². The van der Waals surface area contributed by atoms with Crippen LogP contribution in [0, 0.1) is 0 Å². The van der Waals surface area contributed by atoms with Crippen LogP contribution in [0.4, 0.5) is 5.69 Å². The summed E-state index contributed by atoms with van der Waals surface area (Å²) in [5.74, 6) is -0.633. The van der Waals surface area contributed by atoms with Gasteiger partial charge < -0.3 is 9.88 Å². The number of benzene rings is 3. The molecule has 0 aliphatic rings. The first kappa shape index (κ1) is 20.6. The number of aromatic nitrogens is 1. The molecule has 0 aliphatic heterocycles. The van der Waals surface area contributed by atoms with Gasteiger partial charge >= 0.3 is 0 Å². The van der Waals surface area contributed by atoms with Crippen LogP contribution in [0.25, 0.3) is 0 Å². The summed E-state index contributed by atoms with van der Waals surface area (Å²) in [6.07, 6.45) is 1.65. The number of hydrogen-bond acceptors (Lipinski definition) is 2. The van der Waals surface area contributed by atoms with Gasteiger partial charge in [-0.05, 0) is 28.8 Å². The summed E-state index contributed by atoms with van der Waals surface area (Å²) < 4.78 is 1.54. The highest BCUT2D eigenvalue weighted by Crippen LogP contribution is 2.26. The maximum atomic E-state index is 13.3. The Bertz CT molecular complexity index is 1200. The number of rotatable bonds is 6. The lowest BCUT2D eigenvalue weighted by molar-refractivity contribution is -0.116. The molecule has 5 heteroatoms. The number of nitrogens with zero attached hydrogens (tertiary/aromatic N) is 1. The smallest absolute Gasteiger partial charge is 0.250 e. The van der Waals surface area contributed by atoms with Gasteiger partial charge in [0.15, 0.2) is 0 Å². The molecule has 0 radical (unpaired) electrons. The van der Waals surface area contributed by atoms with Crippen molar-refractivity contribution in [1.29, 1.82) is 0 Å². The van der Waals surface area contributed by atoms with Crippen LogP contribution in [-0.4, -0.2) is 10.5 Å². The molecule has 1 amide bonds. The third kappa shape index (κ3) is 4.93. The number of halogens is 1. The first-order chi connectivity index (χ1) is 15.1. The maximum absolute atomic E-state index is 13.3. The Morgan fingerprint density at radius 1 is 0.806 bits per heavy atom. The molecule has 3 aromatic carbocycles. The second-order valence-electron chi connectivity index (χ2n) is 7.22. The van der Waals surface area contributed by atoms with Crippen molar-refractivity contribution in [1.82, 2.24) is 4.57 Å². The summed E-state index contributed by atoms with van der Waals surface area (Å²) in [6, 6.07) is 29.7. The van der Waals surface area contributed by atoms with Gasteiger partial charge in [0.2, 0.25) is 5.91 Å². The quantitative estimate of drug-likeness (QED) is 0.451. The fourth-order valence-corrected chi connectivity index (χ4v) is 3.74. The van der Waals surface area contributed by atoms with Crippen LogP contribution in [0.1, 0.15) is 22.6 Å². The van der Waals surface area contributed by atoms with Gasteiger partial charge in [-0.2, -0.15) is 0 Å². The number of nitrogens with one attached hydrogen (secondary N) is 1. The summed E-state index contributed by atoms with van der Waals surface area (Å²) in [5.41, 5.74) is 3.02. The van der Waals surface area contributed by atoms with Gasteiger partial charge in [0.05, 0.1) is 18.2 Å². The predicted octanol–water partition coefficient (Wildman–Crippen LogP) is 5.32. The largest absolute Gasteiger partial charge is 0.324 e. The zero-order valence-electron chi connectivity index (χ0n) is 16.7. The number of carbonyl (C=O) groups excluding carboxylic acids is 1. The lowest BCUT2D eigenvalue weighted by Gasteiger charge is -2.18. The zero-order chi connectivity index (χ0) is 21.6. The van der Waals surface area contributed by atoms with Crippen LogP contribution in [0.2, 0.25) is 5.02 Å². The van der Waals surface area contributed by atoms with E-state index in [1.165, 1.54) is 10.6 Å². The molecule has 0 atom stereocenters. The monoisotopic (exact) mass is 428 g/mol. The zero-order valence-corrected chi connectivity index (χ0v) is 17.5. The van der Waals surface area contributed by atoms with E-state index in [-0.39, 0.29) is 11.5 Å². The van der Waals surface area contributed by atoms with Crippen molar-refractivity contribution >= 4 is 23.2 Å². The van der Waals surface area contributed by atoms with Crippen LogP contribution in [-0.2, 0) is 11.3 Å². The fourth-order valence-electron chi connectivity index (χ4n) is 3.54. The van der Waals surface area contributed by atoms with E-state index < -0.39 is 5.92 Å². The average molecular weight is 429 g/mol. The molecular weight excluding hydrogens is 408 g/mol. The summed E-state index contributed by atoms with van der Waals surface area (Å²) in [4.78, 5) is 25.7. The molecule has 0 spiro atoms. The first-order valence-corrected chi connectivity index (χ1v) is 10.3. The van der Waals surface area contributed by atoms with Gasteiger partial charge in [-0.1, -0.05) is 90.5 Å². The number of anilines is 1. The van der Waals surface area contributed by atoms with Crippen LogP contribution >= 0.6 is 11.6 Å². The van der Waals surface area contributed by atoms with E-state index in [0.717, 1.165) is 16.7 Å². The molecule has 1 heterocycles. The summed E-state index contributed by atoms with van der Waals surface area (Å²) in [5, 5.41) is 3.57.